The molecule has 2 atom stereocenters. The van der Waals surface area contributed by atoms with E-state index in [1.54, 1.807) is 6.07 Å². The van der Waals surface area contributed by atoms with Crippen molar-refractivity contribution < 1.29 is 19.4 Å². The molecule has 6 heteroatoms. The Morgan fingerprint density at radius 1 is 1.00 bits per heavy atom. The van der Waals surface area contributed by atoms with Gasteiger partial charge in [0, 0.05) is 18.2 Å². The number of ether oxygens (including phenoxy) is 1. The molecule has 2 N–H and O–H groups in total. The highest BCUT2D eigenvalue weighted by atomic mass is 16.5. The molecule has 0 aliphatic heterocycles. The summed E-state index contributed by atoms with van der Waals surface area (Å²) in [5.74, 6) is -0.856. The number of aryl methyl sites for hydroxylation is 2. The van der Waals surface area contributed by atoms with Gasteiger partial charge in [-0.2, -0.15) is 0 Å². The second-order valence-corrected chi connectivity index (χ2v) is 11.1. The molecule has 3 rings (SSSR count). The van der Waals surface area contributed by atoms with Gasteiger partial charge in [0.15, 0.2) is 0 Å². The van der Waals surface area contributed by atoms with Crippen molar-refractivity contribution in [3.05, 3.63) is 88.6 Å². The van der Waals surface area contributed by atoms with Crippen molar-refractivity contribution in [2.45, 2.75) is 72.6 Å². The highest BCUT2D eigenvalue weighted by Gasteiger charge is 2.26. The molecule has 1 aromatic heterocycles. The molecule has 0 spiro atoms. The van der Waals surface area contributed by atoms with E-state index in [4.69, 9.17) is 4.74 Å². The molecular formula is C35H44N2O4. The Kier molecular flexibility index (Phi) is 12.1. The van der Waals surface area contributed by atoms with Crippen LogP contribution in [0.5, 0.6) is 5.88 Å². The molecule has 6 nitrogen and oxygen atoms in total. The summed E-state index contributed by atoms with van der Waals surface area (Å²) >= 11 is 0. The summed E-state index contributed by atoms with van der Waals surface area (Å²) in [6, 6.07) is 20.3. The first-order valence-electron chi connectivity index (χ1n) is 14.7. The van der Waals surface area contributed by atoms with Crippen molar-refractivity contribution in [2.75, 3.05) is 11.9 Å². The number of anilines is 1. The third kappa shape index (κ3) is 10.2. The van der Waals surface area contributed by atoms with Crippen molar-refractivity contribution in [1.82, 2.24) is 4.98 Å². The summed E-state index contributed by atoms with van der Waals surface area (Å²) in [5.41, 5.74) is 6.11. The van der Waals surface area contributed by atoms with Gasteiger partial charge in [0.25, 0.3) is 0 Å². The number of unbranched alkanes of at least 4 members (excludes halogenated alkanes) is 1. The van der Waals surface area contributed by atoms with Crippen LogP contribution in [-0.4, -0.2) is 28.6 Å². The molecule has 0 aliphatic carbocycles. The smallest absolute Gasteiger partial charge is 0.307 e. The van der Waals surface area contributed by atoms with Crippen molar-refractivity contribution >= 4 is 29.7 Å². The molecule has 0 saturated carbocycles. The SMILES string of the molecule is CCC(C)C(CC(=O)Nc1cccc(C=Cc2nc(OCCCCc3ccc(C(C)C)cc3)ccc2C)c1)C(=O)O. The minimum absolute atomic E-state index is 0.0499. The molecule has 0 fully saturated rings. The number of carboxylic acids is 1. The van der Waals surface area contributed by atoms with Gasteiger partial charge in [-0.3, -0.25) is 9.59 Å². The second kappa shape index (κ2) is 15.8. The fourth-order valence-electron chi connectivity index (χ4n) is 4.58. The van der Waals surface area contributed by atoms with Crippen LogP contribution in [0.1, 0.15) is 87.2 Å². The number of carbonyl (C=O) groups excluding carboxylic acids is 1. The Morgan fingerprint density at radius 2 is 1.76 bits per heavy atom. The average Bonchev–Trinajstić information content (AvgIpc) is 2.95. The van der Waals surface area contributed by atoms with E-state index in [1.165, 1.54) is 11.1 Å². The van der Waals surface area contributed by atoms with E-state index in [9.17, 15) is 14.7 Å². The first-order valence-corrected chi connectivity index (χ1v) is 14.7. The molecule has 218 valence electrons. The highest BCUT2D eigenvalue weighted by molar-refractivity contribution is 5.93. The zero-order valence-corrected chi connectivity index (χ0v) is 25.0. The number of nitrogens with one attached hydrogen (secondary N) is 1. The number of amides is 1. The van der Waals surface area contributed by atoms with Crippen molar-refractivity contribution in [2.24, 2.45) is 11.8 Å². The molecule has 0 bridgehead atoms. The van der Waals surface area contributed by atoms with Crippen LogP contribution in [0.2, 0.25) is 0 Å². The first-order chi connectivity index (χ1) is 19.7. The Balaban J connectivity index is 1.52. The topological polar surface area (TPSA) is 88.5 Å². The minimum atomic E-state index is -0.937. The summed E-state index contributed by atoms with van der Waals surface area (Å²) in [4.78, 5) is 28.8. The fourth-order valence-corrected chi connectivity index (χ4v) is 4.58. The van der Waals surface area contributed by atoms with Gasteiger partial charge in [0.05, 0.1) is 18.2 Å². The van der Waals surface area contributed by atoms with Crippen LogP contribution in [0, 0.1) is 18.8 Å². The molecule has 0 aliphatic rings. The van der Waals surface area contributed by atoms with Crippen LogP contribution in [0.3, 0.4) is 0 Å². The van der Waals surface area contributed by atoms with Crippen molar-refractivity contribution in [3.63, 3.8) is 0 Å². The number of hydrogen-bond donors (Lipinski definition) is 2. The maximum Gasteiger partial charge on any atom is 0.307 e. The lowest BCUT2D eigenvalue weighted by atomic mass is 9.89. The van der Waals surface area contributed by atoms with Crippen LogP contribution in [0.4, 0.5) is 5.69 Å². The van der Waals surface area contributed by atoms with E-state index < -0.39 is 11.9 Å². The first kappa shape index (κ1) is 31.6. The van der Waals surface area contributed by atoms with Crippen LogP contribution in [0.25, 0.3) is 12.2 Å². The lowest BCUT2D eigenvalue weighted by molar-refractivity contribution is -0.145. The largest absolute Gasteiger partial charge is 0.481 e. The number of carboxylic acid groups (broad SMARTS) is 1. The quantitative estimate of drug-likeness (QED) is 0.184. The lowest BCUT2D eigenvalue weighted by Gasteiger charge is -2.18. The fraction of sp³-hybridized carbons (Fsp3) is 0.400. The Hall–Kier alpha value is -3.93. The molecule has 41 heavy (non-hydrogen) atoms. The summed E-state index contributed by atoms with van der Waals surface area (Å²) in [6.07, 6.45) is 7.58. The minimum Gasteiger partial charge on any atom is -0.481 e. The molecule has 2 unspecified atom stereocenters. The monoisotopic (exact) mass is 556 g/mol. The van der Waals surface area contributed by atoms with E-state index in [0.29, 0.717) is 30.5 Å². The van der Waals surface area contributed by atoms with E-state index in [2.05, 4.69) is 48.4 Å². The van der Waals surface area contributed by atoms with E-state index in [1.807, 2.05) is 63.3 Å². The number of aliphatic carboxylic acids is 1. The second-order valence-electron chi connectivity index (χ2n) is 11.1. The molecule has 2 aromatic carbocycles. The number of nitrogens with zero attached hydrogens (tertiary/aromatic N) is 1. The van der Waals surface area contributed by atoms with Gasteiger partial charge in [-0.25, -0.2) is 4.98 Å². The summed E-state index contributed by atoms with van der Waals surface area (Å²) in [7, 11) is 0. The molecule has 1 amide bonds. The van der Waals surface area contributed by atoms with Gasteiger partial charge in [0.1, 0.15) is 0 Å². The summed E-state index contributed by atoms with van der Waals surface area (Å²) in [6.45, 7) is 10.8. The molecule has 3 aromatic rings. The molecule has 0 radical (unpaired) electrons. The zero-order chi connectivity index (χ0) is 29.8. The van der Waals surface area contributed by atoms with Crippen LogP contribution in [0.15, 0.2) is 60.7 Å². The summed E-state index contributed by atoms with van der Waals surface area (Å²) < 4.78 is 5.94. The predicted molar refractivity (Wildman–Crippen MR) is 167 cm³/mol. The van der Waals surface area contributed by atoms with E-state index in [0.717, 1.165) is 36.1 Å². The normalized spacial score (nSPS) is 12.8. The zero-order valence-electron chi connectivity index (χ0n) is 25.0. The van der Waals surface area contributed by atoms with Gasteiger partial charge in [-0.1, -0.05) is 82.7 Å². The third-order valence-electron chi connectivity index (χ3n) is 7.52. The Morgan fingerprint density at radius 3 is 2.44 bits per heavy atom. The van der Waals surface area contributed by atoms with Gasteiger partial charge in [-0.05, 0) is 78.5 Å². The van der Waals surface area contributed by atoms with Gasteiger partial charge in [0.2, 0.25) is 11.8 Å². The molecular weight excluding hydrogens is 512 g/mol. The van der Waals surface area contributed by atoms with Crippen LogP contribution < -0.4 is 10.1 Å². The highest BCUT2D eigenvalue weighted by Crippen LogP contribution is 2.22. The maximum atomic E-state index is 12.5. The molecule has 1 heterocycles. The number of carbonyl (C=O) groups is 2. The Bertz CT molecular complexity index is 1310. The standard InChI is InChI=1S/C35H44N2O4/c1-6-25(4)31(35(39)40)23-33(38)36-30-12-9-11-28(22-30)16-19-32-26(5)13-20-34(37-32)41-21-8-7-10-27-14-17-29(18-15-27)24(2)3/h9,11-20,22,24-25,31H,6-8,10,21,23H2,1-5H3,(H,36,38)(H,39,40). The number of aromatic nitrogens is 1. The van der Waals surface area contributed by atoms with Crippen LogP contribution in [-0.2, 0) is 16.0 Å². The van der Waals surface area contributed by atoms with E-state index >= 15 is 0 Å². The van der Waals surface area contributed by atoms with E-state index in [-0.39, 0.29) is 18.2 Å². The van der Waals surface area contributed by atoms with Crippen LogP contribution >= 0.6 is 0 Å². The number of pyridine rings is 1. The number of hydrogen-bond acceptors (Lipinski definition) is 4. The van der Waals surface area contributed by atoms with Crippen molar-refractivity contribution in [1.29, 1.82) is 0 Å². The predicted octanol–water partition coefficient (Wildman–Crippen LogP) is 8.16. The Labute approximate surface area is 244 Å². The third-order valence-corrected chi connectivity index (χ3v) is 7.52. The average molecular weight is 557 g/mol. The van der Waals surface area contributed by atoms with Gasteiger partial charge in [-0.15, -0.1) is 0 Å². The number of rotatable bonds is 15. The van der Waals surface area contributed by atoms with Gasteiger partial charge < -0.3 is 15.2 Å². The number of benzene rings is 2. The maximum absolute atomic E-state index is 12.5. The molecule has 0 saturated heterocycles. The van der Waals surface area contributed by atoms with Gasteiger partial charge >= 0.3 is 5.97 Å². The lowest BCUT2D eigenvalue weighted by Crippen LogP contribution is -2.27. The van der Waals surface area contributed by atoms with Crippen molar-refractivity contribution in [3.8, 4) is 5.88 Å². The summed E-state index contributed by atoms with van der Waals surface area (Å²) in [5, 5.41) is 12.3.